The Balaban J connectivity index is 2.11. The Labute approximate surface area is 113 Å². The summed E-state index contributed by atoms with van der Waals surface area (Å²) in [6, 6.07) is 15.8. The molecular formula is C16H17N2O. The molecule has 97 valence electrons. The molecule has 0 aromatic heterocycles. The fourth-order valence-electron chi connectivity index (χ4n) is 1.91. The molecule has 3 N–H and O–H groups in total. The molecular weight excluding hydrogens is 236 g/mol. The van der Waals surface area contributed by atoms with Gasteiger partial charge in [0.25, 0.3) is 5.91 Å². The smallest absolute Gasteiger partial charge is 0.265 e. The molecule has 0 saturated heterocycles. The summed E-state index contributed by atoms with van der Waals surface area (Å²) in [7, 11) is 0. The van der Waals surface area contributed by atoms with Crippen molar-refractivity contribution in [2.45, 2.75) is 13.3 Å². The van der Waals surface area contributed by atoms with Crippen LogP contribution in [0.5, 0.6) is 0 Å². The molecule has 0 bridgehead atoms. The van der Waals surface area contributed by atoms with E-state index in [1.807, 2.05) is 24.6 Å². The fourth-order valence-corrected chi connectivity index (χ4v) is 1.91. The molecule has 0 saturated carbocycles. The number of rotatable bonds is 4. The van der Waals surface area contributed by atoms with Crippen molar-refractivity contribution in [3.63, 3.8) is 0 Å². The highest BCUT2D eigenvalue weighted by molar-refractivity contribution is 5.95. The second kappa shape index (κ2) is 6.16. The lowest BCUT2D eigenvalue weighted by atomic mass is 9.99. The standard InChI is InChI=1S/C16H17N2O/c1-12-6-8-13(9-7-12)10-11-14-4-2-3-5-15(14)16(19)18-17/h2-9,11H,10,17H2,1H3,(H,18,19). The second-order valence-corrected chi connectivity index (χ2v) is 4.45. The molecule has 0 unspecified atom stereocenters. The molecule has 0 aliphatic heterocycles. The van der Waals surface area contributed by atoms with Crippen molar-refractivity contribution in [2.24, 2.45) is 5.84 Å². The lowest BCUT2D eigenvalue weighted by Crippen LogP contribution is -2.30. The monoisotopic (exact) mass is 253 g/mol. The maximum Gasteiger partial charge on any atom is 0.265 e. The van der Waals surface area contributed by atoms with Gasteiger partial charge < -0.3 is 0 Å². The van der Waals surface area contributed by atoms with Gasteiger partial charge in [-0.25, -0.2) is 5.84 Å². The third kappa shape index (κ3) is 3.42. The van der Waals surface area contributed by atoms with E-state index in [9.17, 15) is 4.79 Å². The summed E-state index contributed by atoms with van der Waals surface area (Å²) in [6.07, 6.45) is 2.82. The highest BCUT2D eigenvalue weighted by atomic mass is 16.2. The zero-order valence-corrected chi connectivity index (χ0v) is 10.9. The quantitative estimate of drug-likeness (QED) is 0.499. The number of hydrogen-bond acceptors (Lipinski definition) is 2. The molecule has 0 aliphatic carbocycles. The first-order valence-corrected chi connectivity index (χ1v) is 6.19. The van der Waals surface area contributed by atoms with E-state index in [4.69, 9.17) is 5.84 Å². The van der Waals surface area contributed by atoms with Crippen LogP contribution in [0.15, 0.2) is 48.5 Å². The van der Waals surface area contributed by atoms with Gasteiger partial charge in [0.15, 0.2) is 0 Å². The van der Waals surface area contributed by atoms with E-state index in [0.29, 0.717) is 5.56 Å². The Morgan fingerprint density at radius 3 is 2.53 bits per heavy atom. The number of nitrogens with one attached hydrogen (secondary N) is 1. The molecule has 3 nitrogen and oxygen atoms in total. The van der Waals surface area contributed by atoms with E-state index in [1.54, 1.807) is 6.07 Å². The predicted molar refractivity (Wildman–Crippen MR) is 76.4 cm³/mol. The van der Waals surface area contributed by atoms with Crippen molar-refractivity contribution in [2.75, 3.05) is 0 Å². The fraction of sp³-hybridized carbons (Fsp3) is 0.125. The summed E-state index contributed by atoms with van der Waals surface area (Å²) in [5, 5.41) is 0. The van der Waals surface area contributed by atoms with Crippen molar-refractivity contribution in [3.05, 3.63) is 77.2 Å². The van der Waals surface area contributed by atoms with Crippen molar-refractivity contribution in [1.29, 1.82) is 0 Å². The van der Waals surface area contributed by atoms with Crippen LogP contribution in [0, 0.1) is 13.3 Å². The van der Waals surface area contributed by atoms with Crippen LogP contribution in [0.25, 0.3) is 0 Å². The summed E-state index contributed by atoms with van der Waals surface area (Å²) in [5.41, 5.74) is 6.12. The molecule has 19 heavy (non-hydrogen) atoms. The Hall–Kier alpha value is -2.13. The van der Waals surface area contributed by atoms with E-state index in [0.717, 1.165) is 12.0 Å². The third-order valence-corrected chi connectivity index (χ3v) is 3.01. The number of benzene rings is 2. The zero-order chi connectivity index (χ0) is 13.7. The van der Waals surface area contributed by atoms with E-state index < -0.39 is 0 Å². The molecule has 0 atom stereocenters. The van der Waals surface area contributed by atoms with Crippen molar-refractivity contribution in [3.8, 4) is 0 Å². The Bertz CT molecular complexity index is 561. The molecule has 2 aromatic carbocycles. The molecule has 0 aliphatic rings. The van der Waals surface area contributed by atoms with Gasteiger partial charge in [-0.05, 0) is 37.0 Å². The van der Waals surface area contributed by atoms with Crippen molar-refractivity contribution >= 4 is 5.91 Å². The van der Waals surface area contributed by atoms with Crippen molar-refractivity contribution < 1.29 is 4.79 Å². The topological polar surface area (TPSA) is 55.1 Å². The molecule has 0 heterocycles. The summed E-state index contributed by atoms with van der Waals surface area (Å²) < 4.78 is 0. The summed E-state index contributed by atoms with van der Waals surface area (Å²) in [6.45, 7) is 2.06. The second-order valence-electron chi connectivity index (χ2n) is 4.45. The SMILES string of the molecule is Cc1ccc(C[CH]c2ccccc2C(=O)NN)cc1. The average molecular weight is 253 g/mol. The van der Waals surface area contributed by atoms with Crippen LogP contribution >= 0.6 is 0 Å². The zero-order valence-electron chi connectivity index (χ0n) is 10.9. The van der Waals surface area contributed by atoms with Crippen LogP contribution in [-0.2, 0) is 6.42 Å². The largest absolute Gasteiger partial charge is 0.290 e. The van der Waals surface area contributed by atoms with Gasteiger partial charge in [-0.2, -0.15) is 0 Å². The first-order chi connectivity index (χ1) is 9.20. The molecule has 3 heteroatoms. The van der Waals surface area contributed by atoms with Gasteiger partial charge in [0.05, 0.1) is 0 Å². The van der Waals surface area contributed by atoms with Gasteiger partial charge in [0.1, 0.15) is 0 Å². The molecule has 1 radical (unpaired) electrons. The highest BCUT2D eigenvalue weighted by Gasteiger charge is 2.09. The predicted octanol–water partition coefficient (Wildman–Crippen LogP) is 2.39. The third-order valence-electron chi connectivity index (χ3n) is 3.01. The van der Waals surface area contributed by atoms with Crippen LogP contribution in [0.4, 0.5) is 0 Å². The Morgan fingerprint density at radius 2 is 1.84 bits per heavy atom. The average Bonchev–Trinajstić information content (AvgIpc) is 2.46. The molecule has 1 amide bonds. The van der Waals surface area contributed by atoms with Gasteiger partial charge in [0, 0.05) is 5.56 Å². The first-order valence-electron chi connectivity index (χ1n) is 6.19. The number of nitrogens with two attached hydrogens (primary N) is 1. The van der Waals surface area contributed by atoms with E-state index in [-0.39, 0.29) is 5.91 Å². The Morgan fingerprint density at radius 1 is 1.16 bits per heavy atom. The van der Waals surface area contributed by atoms with Crippen LogP contribution in [0.1, 0.15) is 27.0 Å². The minimum atomic E-state index is -0.268. The van der Waals surface area contributed by atoms with Gasteiger partial charge in [-0.15, -0.1) is 0 Å². The molecule has 2 rings (SSSR count). The molecule has 2 aromatic rings. The number of carbonyl (C=O) groups excluding carboxylic acids is 1. The van der Waals surface area contributed by atoms with Crippen LogP contribution in [0.3, 0.4) is 0 Å². The van der Waals surface area contributed by atoms with E-state index >= 15 is 0 Å². The van der Waals surface area contributed by atoms with E-state index in [2.05, 4.69) is 36.6 Å². The number of amides is 1. The first kappa shape index (κ1) is 13.3. The van der Waals surface area contributed by atoms with Crippen LogP contribution < -0.4 is 11.3 Å². The van der Waals surface area contributed by atoms with Crippen molar-refractivity contribution in [1.82, 2.24) is 5.43 Å². The highest BCUT2D eigenvalue weighted by Crippen LogP contribution is 2.14. The number of hydrazine groups is 1. The van der Waals surface area contributed by atoms with Crippen LogP contribution in [0.2, 0.25) is 0 Å². The van der Waals surface area contributed by atoms with Gasteiger partial charge in [0.2, 0.25) is 0 Å². The number of carbonyl (C=O) groups is 1. The minimum Gasteiger partial charge on any atom is -0.290 e. The lowest BCUT2D eigenvalue weighted by Gasteiger charge is -2.08. The van der Waals surface area contributed by atoms with Crippen LogP contribution in [-0.4, -0.2) is 5.91 Å². The Kier molecular flexibility index (Phi) is 4.31. The molecule has 0 spiro atoms. The van der Waals surface area contributed by atoms with Gasteiger partial charge in [-0.3, -0.25) is 10.2 Å². The number of hydrogen-bond donors (Lipinski definition) is 2. The molecule has 0 fully saturated rings. The summed E-state index contributed by atoms with van der Waals surface area (Å²) >= 11 is 0. The van der Waals surface area contributed by atoms with E-state index in [1.165, 1.54) is 11.1 Å². The number of aryl methyl sites for hydroxylation is 1. The minimum absolute atomic E-state index is 0.268. The lowest BCUT2D eigenvalue weighted by molar-refractivity contribution is 0.0953. The summed E-state index contributed by atoms with van der Waals surface area (Å²) in [4.78, 5) is 11.6. The maximum atomic E-state index is 11.6. The number of nitrogen functional groups attached to an aromatic ring is 1. The van der Waals surface area contributed by atoms with Gasteiger partial charge >= 0.3 is 0 Å². The normalized spacial score (nSPS) is 10.2. The summed E-state index contributed by atoms with van der Waals surface area (Å²) in [5.74, 6) is 4.92. The van der Waals surface area contributed by atoms with Gasteiger partial charge in [-0.1, -0.05) is 48.0 Å². The maximum absolute atomic E-state index is 11.6.